The summed E-state index contributed by atoms with van der Waals surface area (Å²) in [5.74, 6) is 1.13. The van der Waals surface area contributed by atoms with Crippen LogP contribution < -0.4 is 4.74 Å². The van der Waals surface area contributed by atoms with Crippen LogP contribution in [-0.4, -0.2) is 18.0 Å². The Bertz CT molecular complexity index is 374. The summed E-state index contributed by atoms with van der Waals surface area (Å²) in [6, 6.07) is 7.97. The van der Waals surface area contributed by atoms with E-state index in [4.69, 9.17) is 9.94 Å². The van der Waals surface area contributed by atoms with Crippen LogP contribution in [0.15, 0.2) is 29.4 Å². The summed E-state index contributed by atoms with van der Waals surface area (Å²) < 4.78 is 5.18. The molecule has 80 valence electrons. The second kappa shape index (κ2) is 4.34. The molecule has 0 amide bonds. The normalized spacial score (nSPS) is 23.3. The van der Waals surface area contributed by atoms with Gasteiger partial charge >= 0.3 is 0 Å². The van der Waals surface area contributed by atoms with E-state index in [-0.39, 0.29) is 5.92 Å². The number of benzene rings is 1. The first-order valence-electron chi connectivity index (χ1n) is 5.20. The van der Waals surface area contributed by atoms with E-state index in [0.717, 1.165) is 30.7 Å². The standard InChI is InChI=1S/C12H15NO2/c1-15-10-5-2-4-9(8-10)11-6-3-7-12(11)13-14/h2,4-5,8,11,14H,3,6-7H2,1H3. The number of oxime groups is 1. The molecule has 1 unspecified atom stereocenters. The number of hydrogen-bond acceptors (Lipinski definition) is 3. The Kier molecular flexibility index (Phi) is 2.90. The quantitative estimate of drug-likeness (QED) is 0.595. The SMILES string of the molecule is COc1cccc(C2CCCC2=NO)c1. The average molecular weight is 205 g/mol. The molecule has 0 saturated heterocycles. The molecule has 15 heavy (non-hydrogen) atoms. The molecule has 0 spiro atoms. The van der Waals surface area contributed by atoms with E-state index in [1.165, 1.54) is 5.56 Å². The van der Waals surface area contributed by atoms with Gasteiger partial charge in [-0.25, -0.2) is 0 Å². The van der Waals surface area contributed by atoms with Crippen molar-refractivity contribution in [3.63, 3.8) is 0 Å². The van der Waals surface area contributed by atoms with Crippen molar-refractivity contribution >= 4 is 5.71 Å². The number of hydrogen-bond donors (Lipinski definition) is 1. The number of ether oxygens (including phenoxy) is 1. The zero-order chi connectivity index (χ0) is 10.7. The topological polar surface area (TPSA) is 41.8 Å². The highest BCUT2D eigenvalue weighted by atomic mass is 16.5. The van der Waals surface area contributed by atoms with Gasteiger partial charge in [-0.1, -0.05) is 17.3 Å². The minimum absolute atomic E-state index is 0.269. The number of rotatable bonds is 2. The molecule has 2 rings (SSSR count). The van der Waals surface area contributed by atoms with Crippen LogP contribution in [0.25, 0.3) is 0 Å². The first kappa shape index (κ1) is 10.0. The third-order valence-electron chi connectivity index (χ3n) is 2.95. The summed E-state index contributed by atoms with van der Waals surface area (Å²) in [6.45, 7) is 0. The van der Waals surface area contributed by atoms with Gasteiger partial charge in [0.2, 0.25) is 0 Å². The molecule has 0 heterocycles. The molecule has 0 radical (unpaired) electrons. The van der Waals surface area contributed by atoms with Crippen LogP contribution in [-0.2, 0) is 0 Å². The summed E-state index contributed by atoms with van der Waals surface area (Å²) in [7, 11) is 1.66. The fourth-order valence-corrected chi connectivity index (χ4v) is 2.17. The Morgan fingerprint density at radius 3 is 3.07 bits per heavy atom. The lowest BCUT2D eigenvalue weighted by Crippen LogP contribution is -2.04. The van der Waals surface area contributed by atoms with Gasteiger partial charge in [0.15, 0.2) is 0 Å². The summed E-state index contributed by atoms with van der Waals surface area (Å²) in [5, 5.41) is 12.3. The lowest BCUT2D eigenvalue weighted by atomic mass is 9.96. The van der Waals surface area contributed by atoms with Gasteiger partial charge in [-0.2, -0.15) is 0 Å². The van der Waals surface area contributed by atoms with Crippen molar-refractivity contribution < 1.29 is 9.94 Å². The van der Waals surface area contributed by atoms with Crippen LogP contribution in [0.1, 0.15) is 30.7 Å². The Morgan fingerprint density at radius 1 is 1.47 bits per heavy atom. The van der Waals surface area contributed by atoms with Crippen molar-refractivity contribution in [1.29, 1.82) is 0 Å². The van der Waals surface area contributed by atoms with E-state index >= 15 is 0 Å². The fraction of sp³-hybridized carbons (Fsp3) is 0.417. The van der Waals surface area contributed by atoms with Crippen LogP contribution in [0.2, 0.25) is 0 Å². The maximum absolute atomic E-state index is 8.88. The van der Waals surface area contributed by atoms with Crippen LogP contribution in [0.3, 0.4) is 0 Å². The summed E-state index contributed by atoms with van der Waals surface area (Å²) in [4.78, 5) is 0. The first-order valence-corrected chi connectivity index (χ1v) is 5.20. The van der Waals surface area contributed by atoms with Crippen molar-refractivity contribution in [3.8, 4) is 5.75 Å². The molecule has 1 aromatic rings. The van der Waals surface area contributed by atoms with Crippen molar-refractivity contribution in [2.45, 2.75) is 25.2 Å². The lowest BCUT2D eigenvalue weighted by Gasteiger charge is -2.11. The molecular weight excluding hydrogens is 190 g/mol. The number of nitrogens with zero attached hydrogens (tertiary/aromatic N) is 1. The van der Waals surface area contributed by atoms with Gasteiger partial charge in [0, 0.05) is 5.92 Å². The monoisotopic (exact) mass is 205 g/mol. The first-order chi connectivity index (χ1) is 7.35. The maximum atomic E-state index is 8.88. The van der Waals surface area contributed by atoms with E-state index in [9.17, 15) is 0 Å². The van der Waals surface area contributed by atoms with Gasteiger partial charge in [-0.15, -0.1) is 0 Å². The Labute approximate surface area is 89.4 Å². The molecule has 1 aliphatic rings. The van der Waals surface area contributed by atoms with Gasteiger partial charge in [0.05, 0.1) is 12.8 Å². The van der Waals surface area contributed by atoms with E-state index in [1.54, 1.807) is 7.11 Å². The van der Waals surface area contributed by atoms with Crippen LogP contribution in [0.5, 0.6) is 5.75 Å². The van der Waals surface area contributed by atoms with Gasteiger partial charge in [0.1, 0.15) is 5.75 Å². The molecule has 0 bridgehead atoms. The zero-order valence-corrected chi connectivity index (χ0v) is 8.81. The molecule has 1 aromatic carbocycles. The van der Waals surface area contributed by atoms with E-state index in [0.29, 0.717) is 0 Å². The molecule has 1 aliphatic carbocycles. The van der Waals surface area contributed by atoms with Gasteiger partial charge < -0.3 is 9.94 Å². The molecule has 1 N–H and O–H groups in total. The van der Waals surface area contributed by atoms with Crippen molar-refractivity contribution in [3.05, 3.63) is 29.8 Å². The minimum atomic E-state index is 0.269. The predicted octanol–water partition coefficient (Wildman–Crippen LogP) is 2.79. The predicted molar refractivity (Wildman–Crippen MR) is 58.8 cm³/mol. The third-order valence-corrected chi connectivity index (χ3v) is 2.95. The maximum Gasteiger partial charge on any atom is 0.119 e. The summed E-state index contributed by atoms with van der Waals surface area (Å²) in [6.07, 6.45) is 3.06. The average Bonchev–Trinajstić information content (AvgIpc) is 2.77. The van der Waals surface area contributed by atoms with Crippen LogP contribution in [0.4, 0.5) is 0 Å². The number of methoxy groups -OCH3 is 1. The highest BCUT2D eigenvalue weighted by Crippen LogP contribution is 2.33. The molecule has 1 saturated carbocycles. The second-order valence-corrected chi connectivity index (χ2v) is 3.81. The molecule has 0 aliphatic heterocycles. The Balaban J connectivity index is 2.28. The molecule has 1 fully saturated rings. The molecule has 0 aromatic heterocycles. The van der Waals surface area contributed by atoms with E-state index in [2.05, 4.69) is 11.2 Å². The van der Waals surface area contributed by atoms with Crippen molar-refractivity contribution in [2.24, 2.45) is 5.16 Å². The van der Waals surface area contributed by atoms with E-state index in [1.807, 2.05) is 18.2 Å². The smallest absolute Gasteiger partial charge is 0.119 e. The minimum Gasteiger partial charge on any atom is -0.497 e. The molecular formula is C12H15NO2. The highest BCUT2D eigenvalue weighted by molar-refractivity contribution is 5.92. The van der Waals surface area contributed by atoms with Crippen molar-refractivity contribution in [1.82, 2.24) is 0 Å². The third kappa shape index (κ3) is 1.96. The van der Waals surface area contributed by atoms with Crippen LogP contribution >= 0.6 is 0 Å². The zero-order valence-electron chi connectivity index (χ0n) is 8.81. The molecule has 3 nitrogen and oxygen atoms in total. The Morgan fingerprint density at radius 2 is 2.33 bits per heavy atom. The summed E-state index contributed by atoms with van der Waals surface area (Å²) >= 11 is 0. The second-order valence-electron chi connectivity index (χ2n) is 3.81. The fourth-order valence-electron chi connectivity index (χ4n) is 2.17. The summed E-state index contributed by atoms with van der Waals surface area (Å²) in [5.41, 5.74) is 2.07. The Hall–Kier alpha value is -1.51. The largest absolute Gasteiger partial charge is 0.497 e. The van der Waals surface area contributed by atoms with Gasteiger partial charge in [0.25, 0.3) is 0 Å². The van der Waals surface area contributed by atoms with Gasteiger partial charge in [-0.3, -0.25) is 0 Å². The lowest BCUT2D eigenvalue weighted by molar-refractivity contribution is 0.316. The van der Waals surface area contributed by atoms with E-state index < -0.39 is 0 Å². The highest BCUT2D eigenvalue weighted by Gasteiger charge is 2.24. The molecule has 3 heteroatoms. The molecule has 1 atom stereocenters. The van der Waals surface area contributed by atoms with Gasteiger partial charge in [-0.05, 0) is 37.0 Å². The van der Waals surface area contributed by atoms with Crippen LogP contribution in [0, 0.1) is 0 Å². The van der Waals surface area contributed by atoms with Crippen molar-refractivity contribution in [2.75, 3.05) is 7.11 Å².